The van der Waals surface area contributed by atoms with Gasteiger partial charge in [-0.1, -0.05) is 0 Å². The second-order valence-corrected chi connectivity index (χ2v) is 14.2. The summed E-state index contributed by atoms with van der Waals surface area (Å²) >= 11 is 10.3. The second kappa shape index (κ2) is 10.5. The summed E-state index contributed by atoms with van der Waals surface area (Å²) in [6.45, 7) is -8.75. The van der Waals surface area contributed by atoms with Gasteiger partial charge in [0.1, 0.15) is 36.5 Å². The van der Waals surface area contributed by atoms with Crippen LogP contribution in [-0.2, 0) is 59.6 Å². The number of nitrogens with zero attached hydrogens (tertiary/aromatic N) is 7. The fraction of sp³-hybridized carbons (Fsp3) is 0.474. The van der Waals surface area contributed by atoms with Crippen molar-refractivity contribution < 1.29 is 41.8 Å². The maximum absolute atomic E-state index is 15.8. The molecule has 2 bridgehead atoms. The van der Waals surface area contributed by atoms with Gasteiger partial charge >= 0.3 is 13.4 Å². The summed E-state index contributed by atoms with van der Waals surface area (Å²) in [6, 6.07) is 0. The minimum absolute atomic E-state index is 0.0699. The van der Waals surface area contributed by atoms with E-state index in [0.717, 1.165) is 0 Å². The standard InChI is InChI=1S/C19H20FN7O8P2S2/c20-14-12-6-32-36(29,38)31-4-3-26-13(25-10-5-21-8-23-17(10)26)7-33-37(30,39)35-16(14)19(34-12)27-9-24-15-11(28)1-2-22-18(15)27/h2,5,8-9,12,14,16,19H,1,3-4,6-7H2,(H,29,38)(H,30,39)/t12-,14-,16-,19-,36?,37?/m1/s1. The molecule has 208 valence electrons. The number of hydrogen-bond acceptors (Lipinski definition) is 13. The number of carbonyl (C=O) groups is 1. The van der Waals surface area contributed by atoms with E-state index in [2.05, 4.69) is 24.9 Å². The topological polar surface area (TPSA) is 177 Å². The minimum atomic E-state index is -4.11. The van der Waals surface area contributed by atoms with Crippen molar-refractivity contribution in [2.75, 3.05) is 13.2 Å². The van der Waals surface area contributed by atoms with Crippen LogP contribution in [0.2, 0.25) is 0 Å². The van der Waals surface area contributed by atoms with Crippen molar-refractivity contribution in [3.63, 3.8) is 0 Å². The van der Waals surface area contributed by atoms with Crippen molar-refractivity contribution in [3.05, 3.63) is 30.4 Å². The first kappa shape index (κ1) is 27.2. The third-order valence-electron chi connectivity index (χ3n) is 6.13. The third-order valence-corrected chi connectivity index (χ3v) is 9.29. The molecular formula is C19H20FN7O8P2S2. The Morgan fingerprint density at radius 2 is 2.00 bits per heavy atom. The molecule has 0 aromatic carbocycles. The number of rotatable bonds is 1. The van der Waals surface area contributed by atoms with E-state index in [4.69, 9.17) is 46.4 Å². The first-order valence-corrected chi connectivity index (χ1v) is 16.6. The van der Waals surface area contributed by atoms with Gasteiger partial charge in [0.15, 0.2) is 35.3 Å². The van der Waals surface area contributed by atoms with Crippen LogP contribution in [0, 0.1) is 0 Å². The summed E-state index contributed by atoms with van der Waals surface area (Å²) < 4.78 is 46.6. The summed E-state index contributed by atoms with van der Waals surface area (Å²) in [4.78, 5) is 54.6. The monoisotopic (exact) mass is 619 g/mol. The molecule has 39 heavy (non-hydrogen) atoms. The van der Waals surface area contributed by atoms with Gasteiger partial charge in [0.25, 0.3) is 0 Å². The highest BCUT2D eigenvalue weighted by molar-refractivity contribution is 8.07. The van der Waals surface area contributed by atoms with Gasteiger partial charge in [-0.05, 0) is 23.6 Å². The van der Waals surface area contributed by atoms with E-state index in [1.165, 1.54) is 29.6 Å². The van der Waals surface area contributed by atoms with Gasteiger partial charge in [-0.3, -0.25) is 13.9 Å². The smallest absolute Gasteiger partial charge is 0.325 e. The Hall–Kier alpha value is -1.95. The van der Waals surface area contributed by atoms with E-state index in [1.54, 1.807) is 4.57 Å². The minimum Gasteiger partial charge on any atom is -0.346 e. The highest BCUT2D eigenvalue weighted by atomic mass is 32.5. The van der Waals surface area contributed by atoms with Crippen molar-refractivity contribution >= 4 is 66.0 Å². The van der Waals surface area contributed by atoms with Gasteiger partial charge in [0.2, 0.25) is 0 Å². The Morgan fingerprint density at radius 3 is 2.85 bits per heavy atom. The number of Topliss-reactive ketones (excluding diaryl/α,β-unsaturated/α-hetero) is 1. The number of hydrogen-bond donors (Lipinski definition) is 2. The van der Waals surface area contributed by atoms with Crippen LogP contribution >= 0.6 is 13.4 Å². The molecule has 3 aromatic rings. The quantitative estimate of drug-likeness (QED) is 0.376. The van der Waals surface area contributed by atoms with Crippen LogP contribution in [0.25, 0.3) is 11.2 Å². The molecular weight excluding hydrogens is 599 g/mol. The Morgan fingerprint density at radius 1 is 1.15 bits per heavy atom. The van der Waals surface area contributed by atoms with E-state index in [-0.39, 0.29) is 49.3 Å². The number of halogens is 1. The number of carbonyl (C=O) groups excluding carboxylic acids is 1. The molecule has 20 heteroatoms. The molecule has 3 aromatic heterocycles. The molecule has 0 spiro atoms. The summed E-state index contributed by atoms with van der Waals surface area (Å²) in [6.07, 6.45) is -0.535. The van der Waals surface area contributed by atoms with Gasteiger partial charge in [-0.2, -0.15) is 0 Å². The fourth-order valence-electron chi connectivity index (χ4n) is 4.39. The van der Waals surface area contributed by atoms with Crippen LogP contribution in [-0.4, -0.2) is 82.4 Å². The van der Waals surface area contributed by atoms with Crippen molar-refractivity contribution in [1.82, 2.24) is 29.1 Å². The van der Waals surface area contributed by atoms with Crippen molar-refractivity contribution in [3.8, 4) is 0 Å². The molecule has 3 aliphatic heterocycles. The van der Waals surface area contributed by atoms with Crippen LogP contribution in [0.1, 0.15) is 29.0 Å². The third kappa shape index (κ3) is 5.39. The molecule has 0 radical (unpaired) electrons. The van der Waals surface area contributed by atoms with E-state index in [1.807, 2.05) is 0 Å². The second-order valence-electron chi connectivity index (χ2n) is 8.59. The molecule has 0 aliphatic carbocycles. The zero-order valence-corrected chi connectivity index (χ0v) is 23.1. The zero-order chi connectivity index (χ0) is 27.4. The van der Waals surface area contributed by atoms with Gasteiger partial charge in [-0.25, -0.2) is 29.3 Å². The van der Waals surface area contributed by atoms with Gasteiger partial charge in [0, 0.05) is 19.2 Å². The highest BCUT2D eigenvalue weighted by Gasteiger charge is 2.51. The molecule has 1 saturated heterocycles. The maximum atomic E-state index is 15.8. The number of imidazole rings is 2. The number of aliphatic imine (C=N–C) groups is 1. The SMILES string of the molecule is O=C1CC=Nc2c1ncn2[C@@H]1O[C@@H]2COP(O)(=S)OCCn3c(nc4cncnc43)COP(O)(=S)O[C@@H]1[C@@H]2F. The molecule has 0 saturated carbocycles. The Bertz CT molecular complexity index is 1570. The van der Waals surface area contributed by atoms with Crippen LogP contribution in [0.3, 0.4) is 0 Å². The van der Waals surface area contributed by atoms with Crippen LogP contribution < -0.4 is 0 Å². The number of ether oxygens (including phenoxy) is 1. The van der Waals surface area contributed by atoms with Gasteiger partial charge in [-0.15, -0.1) is 0 Å². The van der Waals surface area contributed by atoms with Gasteiger partial charge in [0.05, 0.1) is 25.7 Å². The van der Waals surface area contributed by atoms with Gasteiger partial charge < -0.3 is 32.7 Å². The summed E-state index contributed by atoms with van der Waals surface area (Å²) in [7, 11) is 0. The molecule has 0 amide bonds. The molecule has 1 fully saturated rings. The molecule has 2 unspecified atom stereocenters. The van der Waals surface area contributed by atoms with Crippen LogP contribution in [0.5, 0.6) is 0 Å². The highest BCUT2D eigenvalue weighted by Crippen LogP contribution is 2.52. The van der Waals surface area contributed by atoms with E-state index in [9.17, 15) is 14.6 Å². The Balaban J connectivity index is 1.35. The van der Waals surface area contributed by atoms with Crippen LogP contribution in [0.15, 0.2) is 23.8 Å². The zero-order valence-electron chi connectivity index (χ0n) is 19.7. The molecule has 6 atom stereocenters. The lowest BCUT2D eigenvalue weighted by Gasteiger charge is -2.25. The lowest BCUT2D eigenvalue weighted by Crippen LogP contribution is -2.32. The largest absolute Gasteiger partial charge is 0.346 e. The van der Waals surface area contributed by atoms with Crippen molar-refractivity contribution in [2.24, 2.45) is 4.99 Å². The van der Waals surface area contributed by atoms with Crippen molar-refractivity contribution in [2.45, 2.75) is 44.2 Å². The average Bonchev–Trinajstić information content (AvgIpc) is 3.56. The Kier molecular flexibility index (Phi) is 7.31. The molecule has 6 rings (SSSR count). The number of aromatic nitrogens is 6. The average molecular weight is 619 g/mol. The van der Waals surface area contributed by atoms with Crippen molar-refractivity contribution in [1.29, 1.82) is 0 Å². The fourth-order valence-corrected chi connectivity index (χ4v) is 6.84. The predicted octanol–water partition coefficient (Wildman–Crippen LogP) is 1.63. The molecule has 15 nitrogen and oxygen atoms in total. The lowest BCUT2D eigenvalue weighted by atomic mass is 10.1. The maximum Gasteiger partial charge on any atom is 0.325 e. The van der Waals surface area contributed by atoms with E-state index >= 15 is 4.39 Å². The summed E-state index contributed by atoms with van der Waals surface area (Å²) in [5.74, 6) is 0.140. The molecule has 3 aliphatic rings. The number of ketones is 1. The summed E-state index contributed by atoms with van der Waals surface area (Å²) in [5, 5.41) is 0. The number of fused-ring (bicyclic) bond motifs is 6. The number of alkyl halides is 1. The molecule has 6 heterocycles. The van der Waals surface area contributed by atoms with E-state index < -0.39 is 44.7 Å². The lowest BCUT2D eigenvalue weighted by molar-refractivity contribution is -0.0474. The first-order valence-electron chi connectivity index (χ1n) is 11.5. The first-order chi connectivity index (χ1) is 18.6. The summed E-state index contributed by atoms with van der Waals surface area (Å²) in [5.41, 5.74) is 0.949. The van der Waals surface area contributed by atoms with E-state index in [0.29, 0.717) is 11.2 Å². The molecule has 2 N–H and O–H groups in total. The predicted molar refractivity (Wildman–Crippen MR) is 138 cm³/mol. The normalized spacial score (nSPS) is 33.9. The van der Waals surface area contributed by atoms with Crippen LogP contribution in [0.4, 0.5) is 10.2 Å². The Labute approximate surface area is 229 Å².